The number of hydrogen-bond donors (Lipinski definition) is 1. The lowest BCUT2D eigenvalue weighted by Crippen LogP contribution is -2.15. The highest BCUT2D eigenvalue weighted by atomic mass is 32.2. The maximum Gasteiger partial charge on any atom is 0.0623 e. The highest BCUT2D eigenvalue weighted by molar-refractivity contribution is 8.02. The lowest BCUT2D eigenvalue weighted by Gasteiger charge is -2.10. The highest BCUT2D eigenvalue weighted by Gasteiger charge is 2.14. The first-order valence-electron chi connectivity index (χ1n) is 3.12. The standard InChI is InChI=1S/C7H8NS/c1-2-8-3-7-5-9-4-6(1)7/h4,8H,1-2,5H2. The zero-order chi connectivity index (χ0) is 6.10. The van der Waals surface area contributed by atoms with E-state index in [1.165, 1.54) is 17.6 Å². The number of thioether (sulfide) groups is 1. The molecule has 2 aliphatic rings. The maximum absolute atomic E-state index is 3.16. The van der Waals surface area contributed by atoms with Crippen molar-refractivity contribution >= 4 is 11.8 Å². The SMILES string of the molecule is [C]1=C2CSC=C2CCN1. The van der Waals surface area contributed by atoms with E-state index in [1.54, 1.807) is 0 Å². The molecule has 0 atom stereocenters. The van der Waals surface area contributed by atoms with Crippen LogP contribution in [0.2, 0.25) is 0 Å². The molecule has 0 amide bonds. The van der Waals surface area contributed by atoms with Crippen LogP contribution in [0.4, 0.5) is 0 Å². The van der Waals surface area contributed by atoms with Crippen LogP contribution in [0, 0.1) is 6.20 Å². The molecule has 47 valence electrons. The summed E-state index contributed by atoms with van der Waals surface area (Å²) in [5.41, 5.74) is 2.88. The molecule has 1 N–H and O–H groups in total. The molecule has 0 aromatic rings. The van der Waals surface area contributed by atoms with Gasteiger partial charge in [0.1, 0.15) is 0 Å². The van der Waals surface area contributed by atoms with Gasteiger partial charge in [0.05, 0.1) is 6.20 Å². The maximum atomic E-state index is 3.16. The zero-order valence-corrected chi connectivity index (χ0v) is 5.92. The Morgan fingerprint density at radius 1 is 1.67 bits per heavy atom. The van der Waals surface area contributed by atoms with Crippen molar-refractivity contribution < 1.29 is 0 Å². The molecule has 0 unspecified atom stereocenters. The van der Waals surface area contributed by atoms with Gasteiger partial charge in [-0.05, 0) is 23.0 Å². The van der Waals surface area contributed by atoms with Crippen molar-refractivity contribution in [2.45, 2.75) is 6.42 Å². The van der Waals surface area contributed by atoms with E-state index in [4.69, 9.17) is 0 Å². The molecule has 0 aromatic heterocycles. The van der Waals surface area contributed by atoms with E-state index in [9.17, 15) is 0 Å². The highest BCUT2D eigenvalue weighted by Crippen LogP contribution is 2.30. The molecule has 0 spiro atoms. The summed E-state index contributed by atoms with van der Waals surface area (Å²) in [6, 6.07) is 0. The van der Waals surface area contributed by atoms with Crippen molar-refractivity contribution in [3.05, 3.63) is 22.8 Å². The molecule has 2 heterocycles. The van der Waals surface area contributed by atoms with Crippen LogP contribution >= 0.6 is 11.8 Å². The first kappa shape index (κ1) is 5.42. The van der Waals surface area contributed by atoms with Crippen molar-refractivity contribution in [1.29, 1.82) is 0 Å². The average molecular weight is 138 g/mol. The molecular weight excluding hydrogens is 130 g/mol. The van der Waals surface area contributed by atoms with E-state index in [-0.39, 0.29) is 0 Å². The molecule has 9 heavy (non-hydrogen) atoms. The van der Waals surface area contributed by atoms with Gasteiger partial charge in [-0.25, -0.2) is 0 Å². The molecule has 2 aliphatic heterocycles. The summed E-state index contributed by atoms with van der Waals surface area (Å²) in [5.74, 6) is 1.13. The average Bonchev–Trinajstić information content (AvgIpc) is 2.33. The Kier molecular flexibility index (Phi) is 1.27. The van der Waals surface area contributed by atoms with Crippen LogP contribution in [0.3, 0.4) is 0 Å². The number of fused-ring (bicyclic) bond motifs is 1. The molecule has 0 fully saturated rings. The predicted molar refractivity (Wildman–Crippen MR) is 39.9 cm³/mol. The van der Waals surface area contributed by atoms with Gasteiger partial charge in [-0.15, -0.1) is 11.8 Å². The summed E-state index contributed by atoms with van der Waals surface area (Å²) in [4.78, 5) is 0. The van der Waals surface area contributed by atoms with Crippen LogP contribution in [0.1, 0.15) is 6.42 Å². The lowest BCUT2D eigenvalue weighted by molar-refractivity contribution is 0.773. The van der Waals surface area contributed by atoms with Crippen molar-refractivity contribution in [3.8, 4) is 0 Å². The second-order valence-electron chi connectivity index (χ2n) is 2.23. The van der Waals surface area contributed by atoms with Gasteiger partial charge in [0, 0.05) is 12.3 Å². The summed E-state index contributed by atoms with van der Waals surface area (Å²) in [7, 11) is 0. The smallest absolute Gasteiger partial charge is 0.0623 e. The fourth-order valence-electron chi connectivity index (χ4n) is 1.08. The third-order valence-corrected chi connectivity index (χ3v) is 2.51. The van der Waals surface area contributed by atoms with Gasteiger partial charge in [0.15, 0.2) is 0 Å². The molecule has 0 aromatic carbocycles. The summed E-state index contributed by atoms with van der Waals surface area (Å²) >= 11 is 1.88. The summed E-state index contributed by atoms with van der Waals surface area (Å²) in [5, 5.41) is 5.37. The quantitative estimate of drug-likeness (QED) is 0.541. The van der Waals surface area contributed by atoms with Gasteiger partial charge < -0.3 is 5.32 Å². The van der Waals surface area contributed by atoms with Gasteiger partial charge >= 0.3 is 0 Å². The zero-order valence-electron chi connectivity index (χ0n) is 5.11. The van der Waals surface area contributed by atoms with E-state index in [0.29, 0.717) is 0 Å². The van der Waals surface area contributed by atoms with E-state index >= 15 is 0 Å². The minimum atomic E-state index is 1.07. The number of nitrogens with one attached hydrogen (secondary N) is 1. The predicted octanol–water partition coefficient (Wildman–Crippen LogP) is 1.30. The monoisotopic (exact) mass is 138 g/mol. The van der Waals surface area contributed by atoms with E-state index < -0.39 is 0 Å². The van der Waals surface area contributed by atoms with E-state index in [2.05, 4.69) is 16.9 Å². The fourth-order valence-corrected chi connectivity index (χ4v) is 2.05. The van der Waals surface area contributed by atoms with E-state index in [0.717, 1.165) is 12.3 Å². The second-order valence-corrected chi connectivity index (χ2v) is 3.09. The molecule has 0 saturated carbocycles. The molecule has 0 aliphatic carbocycles. The van der Waals surface area contributed by atoms with Gasteiger partial charge in [0.25, 0.3) is 0 Å². The Bertz CT molecular complexity index is 181. The summed E-state index contributed by atoms with van der Waals surface area (Å²) in [6.07, 6.45) is 4.35. The summed E-state index contributed by atoms with van der Waals surface area (Å²) in [6.45, 7) is 1.07. The van der Waals surface area contributed by atoms with Crippen LogP contribution in [0.25, 0.3) is 0 Å². The molecule has 0 bridgehead atoms. The Morgan fingerprint density at radius 2 is 2.67 bits per heavy atom. The van der Waals surface area contributed by atoms with E-state index in [1.807, 2.05) is 11.8 Å². The van der Waals surface area contributed by atoms with Crippen molar-refractivity contribution in [2.24, 2.45) is 0 Å². The van der Waals surface area contributed by atoms with Crippen LogP contribution in [0.5, 0.6) is 0 Å². The summed E-state index contributed by atoms with van der Waals surface area (Å²) < 4.78 is 0. The third-order valence-electron chi connectivity index (χ3n) is 1.60. The molecule has 2 rings (SSSR count). The Hall–Kier alpha value is -0.370. The van der Waals surface area contributed by atoms with Gasteiger partial charge in [-0.1, -0.05) is 0 Å². The largest absolute Gasteiger partial charge is 0.383 e. The first-order chi connectivity index (χ1) is 4.47. The van der Waals surface area contributed by atoms with Crippen molar-refractivity contribution in [3.63, 3.8) is 0 Å². The Balaban J connectivity index is 2.30. The molecular formula is C7H8NS. The second kappa shape index (κ2) is 2.10. The molecule has 1 radical (unpaired) electrons. The normalized spacial score (nSPS) is 24.0. The molecule has 2 heteroatoms. The molecule has 1 nitrogen and oxygen atoms in total. The van der Waals surface area contributed by atoms with Crippen LogP contribution in [0.15, 0.2) is 16.6 Å². The number of rotatable bonds is 0. The van der Waals surface area contributed by atoms with Crippen LogP contribution in [-0.4, -0.2) is 12.3 Å². The van der Waals surface area contributed by atoms with Crippen molar-refractivity contribution in [2.75, 3.05) is 12.3 Å². The number of hydrogen-bond acceptors (Lipinski definition) is 2. The fraction of sp³-hybridized carbons (Fsp3) is 0.429. The van der Waals surface area contributed by atoms with Gasteiger partial charge in [-0.2, -0.15) is 0 Å². The lowest BCUT2D eigenvalue weighted by atomic mass is 10.1. The molecule has 0 saturated heterocycles. The van der Waals surface area contributed by atoms with Gasteiger partial charge in [0.2, 0.25) is 0 Å². The van der Waals surface area contributed by atoms with Crippen LogP contribution < -0.4 is 5.32 Å². The Labute approximate surface area is 59.2 Å². The third kappa shape index (κ3) is 0.874. The van der Waals surface area contributed by atoms with Crippen LogP contribution in [-0.2, 0) is 0 Å². The Morgan fingerprint density at radius 3 is 3.56 bits per heavy atom. The first-order valence-corrected chi connectivity index (χ1v) is 4.17. The van der Waals surface area contributed by atoms with Crippen molar-refractivity contribution in [1.82, 2.24) is 5.32 Å². The minimum absolute atomic E-state index is 1.07. The minimum Gasteiger partial charge on any atom is -0.383 e. The van der Waals surface area contributed by atoms with Gasteiger partial charge in [-0.3, -0.25) is 0 Å². The topological polar surface area (TPSA) is 12.0 Å².